The van der Waals surface area contributed by atoms with Gasteiger partial charge in [-0.25, -0.2) is 0 Å². The molecular weight excluding hydrogens is 323 g/mol. The van der Waals surface area contributed by atoms with E-state index < -0.39 is 11.8 Å². The molecule has 1 heterocycles. The van der Waals surface area contributed by atoms with Crippen LogP contribution in [0.25, 0.3) is 0 Å². The molecule has 3 rings (SSSR count). The quantitative estimate of drug-likeness (QED) is 0.811. The molecule has 1 aliphatic heterocycles. The lowest BCUT2D eigenvalue weighted by atomic mass is 10.2. The van der Waals surface area contributed by atoms with Crippen LogP contribution in [0.2, 0.25) is 10.0 Å². The lowest BCUT2D eigenvalue weighted by molar-refractivity contribution is -0.134. The van der Waals surface area contributed by atoms with Crippen molar-refractivity contribution in [2.45, 2.75) is 6.42 Å². The summed E-state index contributed by atoms with van der Waals surface area (Å²) in [5.74, 6) is -1.35. The van der Waals surface area contributed by atoms with Gasteiger partial charge in [-0.15, -0.1) is 0 Å². The van der Waals surface area contributed by atoms with Crippen LogP contribution in [0.15, 0.2) is 42.5 Å². The molecule has 0 saturated carbocycles. The van der Waals surface area contributed by atoms with Gasteiger partial charge in [-0.1, -0.05) is 47.5 Å². The number of halogens is 2. The largest absolute Gasteiger partial charge is 0.316 e. The third kappa shape index (κ3) is 2.67. The maximum Gasteiger partial charge on any atom is 0.316 e. The topological polar surface area (TPSA) is 49.4 Å². The number of benzene rings is 2. The lowest BCUT2D eigenvalue weighted by Gasteiger charge is -2.17. The zero-order valence-corrected chi connectivity index (χ0v) is 13.0. The van der Waals surface area contributed by atoms with Crippen molar-refractivity contribution < 1.29 is 9.59 Å². The molecule has 22 heavy (non-hydrogen) atoms. The van der Waals surface area contributed by atoms with Crippen molar-refractivity contribution in [1.29, 1.82) is 0 Å². The van der Waals surface area contributed by atoms with E-state index in [-0.39, 0.29) is 5.02 Å². The molecule has 1 aliphatic rings. The van der Waals surface area contributed by atoms with Gasteiger partial charge < -0.3 is 10.2 Å². The molecule has 0 aliphatic carbocycles. The highest BCUT2D eigenvalue weighted by atomic mass is 35.5. The van der Waals surface area contributed by atoms with Gasteiger partial charge in [0.25, 0.3) is 0 Å². The molecule has 0 atom stereocenters. The summed E-state index contributed by atoms with van der Waals surface area (Å²) in [6.45, 7) is 0.495. The van der Waals surface area contributed by atoms with E-state index in [1.54, 1.807) is 18.2 Å². The first kappa shape index (κ1) is 14.9. The molecule has 0 bridgehead atoms. The van der Waals surface area contributed by atoms with Gasteiger partial charge in [-0.3, -0.25) is 9.59 Å². The van der Waals surface area contributed by atoms with E-state index in [9.17, 15) is 9.59 Å². The highest BCUT2D eigenvalue weighted by Gasteiger charge is 2.29. The van der Waals surface area contributed by atoms with Crippen LogP contribution in [-0.4, -0.2) is 18.4 Å². The van der Waals surface area contributed by atoms with Gasteiger partial charge in [-0.2, -0.15) is 0 Å². The van der Waals surface area contributed by atoms with E-state index in [1.165, 1.54) is 4.90 Å². The average molecular weight is 335 g/mol. The van der Waals surface area contributed by atoms with Crippen molar-refractivity contribution >= 4 is 46.4 Å². The monoisotopic (exact) mass is 334 g/mol. The Bertz CT molecular complexity index is 762. The molecular formula is C16H12Cl2N2O2. The number of carbonyl (C=O) groups is 2. The Balaban J connectivity index is 1.79. The smallest absolute Gasteiger partial charge is 0.316 e. The van der Waals surface area contributed by atoms with E-state index in [0.717, 1.165) is 17.7 Å². The fourth-order valence-corrected chi connectivity index (χ4v) is 2.80. The van der Waals surface area contributed by atoms with Crippen LogP contribution in [0.1, 0.15) is 5.56 Å². The first-order chi connectivity index (χ1) is 10.6. The number of carbonyl (C=O) groups excluding carboxylic acids is 2. The summed E-state index contributed by atoms with van der Waals surface area (Å²) in [6, 6.07) is 12.4. The van der Waals surface area contributed by atoms with Crippen molar-refractivity contribution in [1.82, 2.24) is 0 Å². The van der Waals surface area contributed by atoms with E-state index in [2.05, 4.69) is 5.32 Å². The molecule has 0 aromatic heterocycles. The van der Waals surface area contributed by atoms with Gasteiger partial charge in [0.1, 0.15) is 0 Å². The number of fused-ring (bicyclic) bond motifs is 1. The van der Waals surface area contributed by atoms with Crippen LogP contribution in [0.3, 0.4) is 0 Å². The first-order valence-electron chi connectivity index (χ1n) is 6.72. The number of nitrogens with one attached hydrogen (secondary N) is 1. The molecule has 112 valence electrons. The van der Waals surface area contributed by atoms with E-state index in [1.807, 2.05) is 24.3 Å². The van der Waals surface area contributed by atoms with Crippen LogP contribution in [0, 0.1) is 0 Å². The van der Waals surface area contributed by atoms with Crippen LogP contribution in [0.4, 0.5) is 11.4 Å². The normalized spacial score (nSPS) is 12.9. The highest BCUT2D eigenvalue weighted by molar-refractivity contribution is 6.47. The van der Waals surface area contributed by atoms with E-state index in [4.69, 9.17) is 23.2 Å². The molecule has 6 heteroatoms. The van der Waals surface area contributed by atoms with Gasteiger partial charge in [0, 0.05) is 12.2 Å². The van der Waals surface area contributed by atoms with E-state index >= 15 is 0 Å². The van der Waals surface area contributed by atoms with Crippen LogP contribution in [0.5, 0.6) is 0 Å². The Morgan fingerprint density at radius 2 is 1.82 bits per heavy atom. The third-order valence-electron chi connectivity index (χ3n) is 3.53. The maximum atomic E-state index is 12.3. The van der Waals surface area contributed by atoms with Crippen molar-refractivity contribution in [2.24, 2.45) is 0 Å². The molecule has 1 N–H and O–H groups in total. The van der Waals surface area contributed by atoms with Crippen molar-refractivity contribution in [3.05, 3.63) is 58.1 Å². The van der Waals surface area contributed by atoms with Gasteiger partial charge >= 0.3 is 11.8 Å². The Hall–Kier alpha value is -2.04. The summed E-state index contributed by atoms with van der Waals surface area (Å²) in [5.41, 5.74) is 2.16. The van der Waals surface area contributed by atoms with Crippen LogP contribution in [-0.2, 0) is 16.0 Å². The Morgan fingerprint density at radius 1 is 1.05 bits per heavy atom. The Kier molecular flexibility index (Phi) is 4.05. The number of hydrogen-bond acceptors (Lipinski definition) is 2. The molecule has 2 aromatic rings. The lowest BCUT2D eigenvalue weighted by Crippen LogP contribution is -2.38. The molecule has 0 saturated heterocycles. The van der Waals surface area contributed by atoms with Crippen molar-refractivity contribution in [3.63, 3.8) is 0 Å². The second kappa shape index (κ2) is 5.99. The molecule has 4 nitrogen and oxygen atoms in total. The SMILES string of the molecule is O=C(Nc1cccc(Cl)c1Cl)C(=O)N1CCc2ccccc21. The predicted octanol–water partition coefficient (Wildman–Crippen LogP) is 3.52. The molecule has 0 unspecified atom stereocenters. The zero-order chi connectivity index (χ0) is 15.7. The van der Waals surface area contributed by atoms with Gasteiger partial charge in [0.15, 0.2) is 0 Å². The minimum absolute atomic E-state index is 0.215. The number of hydrogen-bond donors (Lipinski definition) is 1. The molecule has 0 radical (unpaired) electrons. The number of rotatable bonds is 1. The van der Waals surface area contributed by atoms with Crippen molar-refractivity contribution in [3.8, 4) is 0 Å². The van der Waals surface area contributed by atoms with Gasteiger partial charge in [-0.05, 0) is 30.2 Å². The molecule has 2 aromatic carbocycles. The average Bonchev–Trinajstić information content (AvgIpc) is 2.95. The standard InChI is InChI=1S/C16H12Cl2N2O2/c17-11-5-3-6-12(14(11)18)19-15(21)16(22)20-9-8-10-4-1-2-7-13(10)20/h1-7H,8-9H2,(H,19,21). The summed E-state index contributed by atoms with van der Waals surface area (Å²) in [5, 5.41) is 3.04. The number of amides is 2. The first-order valence-corrected chi connectivity index (χ1v) is 7.48. The molecule has 0 fully saturated rings. The number of nitrogens with zero attached hydrogens (tertiary/aromatic N) is 1. The number of anilines is 2. The second-order valence-electron chi connectivity index (χ2n) is 4.89. The van der Waals surface area contributed by atoms with Crippen LogP contribution < -0.4 is 10.2 Å². The minimum atomic E-state index is -0.735. The van der Waals surface area contributed by atoms with Gasteiger partial charge in [0.05, 0.1) is 15.7 Å². The fraction of sp³-hybridized carbons (Fsp3) is 0.125. The summed E-state index contributed by atoms with van der Waals surface area (Å²) in [6.07, 6.45) is 0.743. The highest BCUT2D eigenvalue weighted by Crippen LogP contribution is 2.30. The van der Waals surface area contributed by atoms with Gasteiger partial charge in [0.2, 0.25) is 0 Å². The number of para-hydroxylation sites is 1. The Labute approximate surface area is 137 Å². The summed E-state index contributed by atoms with van der Waals surface area (Å²) < 4.78 is 0. The van der Waals surface area contributed by atoms with E-state index in [0.29, 0.717) is 17.3 Å². The maximum absolute atomic E-state index is 12.3. The fourth-order valence-electron chi connectivity index (χ4n) is 2.45. The summed E-state index contributed by atoms with van der Waals surface area (Å²) >= 11 is 11.9. The molecule has 2 amide bonds. The summed E-state index contributed by atoms with van der Waals surface area (Å²) in [7, 11) is 0. The van der Waals surface area contributed by atoms with Crippen molar-refractivity contribution in [2.75, 3.05) is 16.8 Å². The zero-order valence-electron chi connectivity index (χ0n) is 11.5. The Morgan fingerprint density at radius 3 is 2.64 bits per heavy atom. The molecule has 0 spiro atoms. The second-order valence-corrected chi connectivity index (χ2v) is 5.68. The predicted molar refractivity (Wildman–Crippen MR) is 87.6 cm³/mol. The van der Waals surface area contributed by atoms with Crippen LogP contribution >= 0.6 is 23.2 Å². The minimum Gasteiger partial charge on any atom is -0.316 e. The third-order valence-corrected chi connectivity index (χ3v) is 4.35. The summed E-state index contributed by atoms with van der Waals surface area (Å²) in [4.78, 5) is 26.0.